The van der Waals surface area contributed by atoms with Crippen molar-refractivity contribution in [3.05, 3.63) is 81.2 Å². The van der Waals surface area contributed by atoms with Gasteiger partial charge in [-0.15, -0.1) is 0 Å². The molecule has 1 aromatic heterocycles. The molecule has 94 valence electrons. The highest BCUT2D eigenvalue weighted by molar-refractivity contribution is 9.10. The second-order valence-electron chi connectivity index (χ2n) is 4.44. The van der Waals surface area contributed by atoms with E-state index < -0.39 is 0 Å². The van der Waals surface area contributed by atoms with Crippen molar-refractivity contribution in [2.24, 2.45) is 0 Å². The van der Waals surface area contributed by atoms with Crippen LogP contribution in [0.3, 0.4) is 0 Å². The number of halogens is 1. The Morgan fingerprint density at radius 1 is 0.895 bits per heavy atom. The third kappa shape index (κ3) is 2.34. The molecular formula is C16H12BrNO. The zero-order valence-electron chi connectivity index (χ0n) is 10.2. The van der Waals surface area contributed by atoms with E-state index >= 15 is 0 Å². The van der Waals surface area contributed by atoms with Crippen molar-refractivity contribution >= 4 is 26.7 Å². The highest BCUT2D eigenvalue weighted by Gasteiger charge is 2.05. The molecule has 3 aromatic rings. The molecule has 2 nitrogen and oxygen atoms in total. The molecule has 0 amide bonds. The number of aromatic nitrogens is 1. The van der Waals surface area contributed by atoms with E-state index in [-0.39, 0.29) is 5.56 Å². The van der Waals surface area contributed by atoms with Crippen molar-refractivity contribution in [3.63, 3.8) is 0 Å². The zero-order valence-corrected chi connectivity index (χ0v) is 11.8. The normalized spacial score (nSPS) is 10.8. The van der Waals surface area contributed by atoms with Gasteiger partial charge in [0.05, 0.1) is 6.54 Å². The van der Waals surface area contributed by atoms with Gasteiger partial charge < -0.3 is 4.57 Å². The molecule has 1 heterocycles. The van der Waals surface area contributed by atoms with E-state index in [1.54, 1.807) is 4.57 Å². The highest BCUT2D eigenvalue weighted by Crippen LogP contribution is 2.20. The molecule has 0 saturated heterocycles. The number of nitrogens with zero attached hydrogens (tertiary/aromatic N) is 1. The van der Waals surface area contributed by atoms with E-state index in [0.29, 0.717) is 6.54 Å². The molecule has 0 aliphatic rings. The topological polar surface area (TPSA) is 22.0 Å². The van der Waals surface area contributed by atoms with Gasteiger partial charge >= 0.3 is 0 Å². The van der Waals surface area contributed by atoms with Crippen molar-refractivity contribution in [1.82, 2.24) is 4.57 Å². The van der Waals surface area contributed by atoms with Crippen LogP contribution < -0.4 is 5.56 Å². The molecular weight excluding hydrogens is 302 g/mol. The lowest BCUT2D eigenvalue weighted by Gasteiger charge is -2.08. The lowest BCUT2D eigenvalue weighted by atomic mass is 10.1. The van der Waals surface area contributed by atoms with Gasteiger partial charge in [-0.1, -0.05) is 52.3 Å². The molecule has 0 spiro atoms. The predicted molar refractivity (Wildman–Crippen MR) is 81.5 cm³/mol. The van der Waals surface area contributed by atoms with Crippen molar-refractivity contribution in [2.45, 2.75) is 6.54 Å². The largest absolute Gasteiger partial charge is 0.311 e. The maximum atomic E-state index is 12.4. The molecule has 0 bridgehead atoms. The van der Waals surface area contributed by atoms with Gasteiger partial charge in [0, 0.05) is 21.4 Å². The summed E-state index contributed by atoms with van der Waals surface area (Å²) in [5.41, 5.74) is 1.17. The molecule has 0 aliphatic heterocycles. The Kier molecular flexibility index (Phi) is 3.22. The lowest BCUT2D eigenvalue weighted by molar-refractivity contribution is 0.768. The summed E-state index contributed by atoms with van der Waals surface area (Å²) < 4.78 is 2.69. The summed E-state index contributed by atoms with van der Waals surface area (Å²) >= 11 is 3.47. The molecule has 0 radical (unpaired) electrons. The van der Waals surface area contributed by atoms with Crippen molar-refractivity contribution in [3.8, 4) is 0 Å². The Balaban J connectivity index is 2.11. The lowest BCUT2D eigenvalue weighted by Crippen LogP contribution is -2.20. The minimum atomic E-state index is 0.0441. The number of hydrogen-bond acceptors (Lipinski definition) is 1. The molecule has 2 aromatic carbocycles. The fraction of sp³-hybridized carbons (Fsp3) is 0.0625. The van der Waals surface area contributed by atoms with Gasteiger partial charge in [-0.3, -0.25) is 4.79 Å². The maximum Gasteiger partial charge on any atom is 0.258 e. The van der Waals surface area contributed by atoms with E-state index in [1.165, 1.54) is 0 Å². The van der Waals surface area contributed by atoms with Crippen LogP contribution in [0.2, 0.25) is 0 Å². The van der Waals surface area contributed by atoms with Crippen LogP contribution in [0.4, 0.5) is 0 Å². The fourth-order valence-corrected chi connectivity index (χ4v) is 2.68. The predicted octanol–water partition coefficient (Wildman–Crippen LogP) is 3.81. The number of pyridine rings is 1. The average molecular weight is 314 g/mol. The Hall–Kier alpha value is -1.87. The third-order valence-corrected chi connectivity index (χ3v) is 3.85. The van der Waals surface area contributed by atoms with Crippen LogP contribution in [0.5, 0.6) is 0 Å². The number of benzene rings is 2. The SMILES string of the molecule is O=c1c2cccc(Br)c2ccn1Cc1ccccc1. The number of rotatable bonds is 2. The Bertz CT molecular complexity index is 778. The molecule has 0 aliphatic carbocycles. The van der Waals surface area contributed by atoms with E-state index in [9.17, 15) is 4.79 Å². The van der Waals surface area contributed by atoms with E-state index in [4.69, 9.17) is 0 Å². The van der Waals surface area contributed by atoms with Crippen LogP contribution >= 0.6 is 15.9 Å². The first kappa shape index (κ1) is 12.2. The second-order valence-corrected chi connectivity index (χ2v) is 5.29. The standard InChI is InChI=1S/C16H12BrNO/c17-15-8-4-7-14-13(15)9-10-18(16(14)19)11-12-5-2-1-3-6-12/h1-10H,11H2. The van der Waals surface area contributed by atoms with Crippen molar-refractivity contribution in [2.75, 3.05) is 0 Å². The molecule has 0 saturated carbocycles. The summed E-state index contributed by atoms with van der Waals surface area (Å²) in [6.07, 6.45) is 1.85. The summed E-state index contributed by atoms with van der Waals surface area (Å²) in [4.78, 5) is 12.4. The first-order chi connectivity index (χ1) is 9.25. The minimum Gasteiger partial charge on any atom is -0.311 e. The van der Waals surface area contributed by atoms with E-state index in [2.05, 4.69) is 15.9 Å². The van der Waals surface area contributed by atoms with Gasteiger partial charge in [-0.25, -0.2) is 0 Å². The van der Waals surface area contributed by atoms with Gasteiger partial charge in [0.15, 0.2) is 0 Å². The Morgan fingerprint density at radius 2 is 1.68 bits per heavy atom. The van der Waals surface area contributed by atoms with Crippen LogP contribution in [0, 0.1) is 0 Å². The van der Waals surface area contributed by atoms with Crippen LogP contribution in [-0.4, -0.2) is 4.57 Å². The first-order valence-corrected chi connectivity index (χ1v) is 6.86. The second kappa shape index (κ2) is 5.02. The summed E-state index contributed by atoms with van der Waals surface area (Å²) in [6.45, 7) is 0.599. The van der Waals surface area contributed by atoms with E-state index in [0.717, 1.165) is 20.8 Å². The van der Waals surface area contributed by atoms with Crippen LogP contribution in [0.25, 0.3) is 10.8 Å². The van der Waals surface area contributed by atoms with Gasteiger partial charge in [0.2, 0.25) is 0 Å². The van der Waals surface area contributed by atoms with Crippen molar-refractivity contribution in [1.29, 1.82) is 0 Å². The maximum absolute atomic E-state index is 12.4. The van der Waals surface area contributed by atoms with Gasteiger partial charge in [-0.2, -0.15) is 0 Å². The molecule has 0 unspecified atom stereocenters. The average Bonchev–Trinajstić information content (AvgIpc) is 2.44. The first-order valence-electron chi connectivity index (χ1n) is 6.07. The van der Waals surface area contributed by atoms with Gasteiger partial charge in [-0.05, 0) is 23.8 Å². The number of hydrogen-bond donors (Lipinski definition) is 0. The molecule has 3 rings (SSSR count). The van der Waals surface area contributed by atoms with Crippen LogP contribution in [0.1, 0.15) is 5.56 Å². The fourth-order valence-electron chi connectivity index (χ4n) is 2.18. The third-order valence-electron chi connectivity index (χ3n) is 3.16. The summed E-state index contributed by atoms with van der Waals surface area (Å²) in [5, 5.41) is 1.70. The Labute approximate surface area is 119 Å². The summed E-state index contributed by atoms with van der Waals surface area (Å²) in [6, 6.07) is 17.7. The molecule has 0 atom stereocenters. The van der Waals surface area contributed by atoms with Crippen molar-refractivity contribution < 1.29 is 0 Å². The monoisotopic (exact) mass is 313 g/mol. The van der Waals surface area contributed by atoms with Gasteiger partial charge in [0.1, 0.15) is 0 Å². The molecule has 0 N–H and O–H groups in total. The minimum absolute atomic E-state index is 0.0441. The quantitative estimate of drug-likeness (QED) is 0.705. The summed E-state index contributed by atoms with van der Waals surface area (Å²) in [7, 11) is 0. The molecule has 0 fully saturated rings. The molecule has 3 heteroatoms. The summed E-state index contributed by atoms with van der Waals surface area (Å²) in [5.74, 6) is 0. The van der Waals surface area contributed by atoms with Gasteiger partial charge in [0.25, 0.3) is 5.56 Å². The smallest absolute Gasteiger partial charge is 0.258 e. The molecule has 19 heavy (non-hydrogen) atoms. The van der Waals surface area contributed by atoms with E-state index in [1.807, 2.05) is 60.8 Å². The highest BCUT2D eigenvalue weighted by atomic mass is 79.9. The van der Waals surface area contributed by atoms with Crippen LogP contribution in [-0.2, 0) is 6.54 Å². The Morgan fingerprint density at radius 3 is 2.47 bits per heavy atom. The van der Waals surface area contributed by atoms with Crippen LogP contribution in [0.15, 0.2) is 70.1 Å². The number of fused-ring (bicyclic) bond motifs is 1. The zero-order chi connectivity index (χ0) is 13.2.